The Morgan fingerprint density at radius 2 is 1.96 bits per heavy atom. The van der Waals surface area contributed by atoms with Gasteiger partial charge >= 0.3 is 6.18 Å². The number of hydrogen-bond acceptors (Lipinski definition) is 5. The zero-order valence-electron chi connectivity index (χ0n) is 12.5. The van der Waals surface area contributed by atoms with Crippen molar-refractivity contribution in [3.8, 4) is 5.88 Å². The molecule has 0 fully saturated rings. The molecule has 0 saturated heterocycles. The van der Waals surface area contributed by atoms with Gasteiger partial charge in [0.05, 0.1) is 18.9 Å². The van der Waals surface area contributed by atoms with Gasteiger partial charge in [-0.2, -0.15) is 18.2 Å². The molecule has 0 aliphatic rings. The van der Waals surface area contributed by atoms with E-state index in [2.05, 4.69) is 15.4 Å². The number of rotatable bonds is 5. The van der Waals surface area contributed by atoms with Gasteiger partial charge in [0.25, 0.3) is 5.88 Å². The normalized spacial score (nSPS) is 11.7. The minimum absolute atomic E-state index is 0.0596. The molecule has 1 N–H and O–H groups in total. The Kier molecular flexibility index (Phi) is 4.26. The number of fused-ring (bicyclic) bond motifs is 1. The Hall–Kier alpha value is -2.81. The summed E-state index contributed by atoms with van der Waals surface area (Å²) in [7, 11) is 1.45. The molecular formula is C15H13F3N4O2. The largest absolute Gasteiger partial charge is 0.470 e. The Morgan fingerprint density at radius 3 is 2.62 bits per heavy atom. The first-order chi connectivity index (χ1) is 11.5. The van der Waals surface area contributed by atoms with Crippen molar-refractivity contribution >= 4 is 11.5 Å². The summed E-state index contributed by atoms with van der Waals surface area (Å²) in [6, 6.07) is 4.76. The standard InChI is InChI=1S/C15H13F3N4O2/c1-23-21-12-8-22-7-6-19-13(22)14(20-12)24-9-10-2-4-11(5-3-10)15(16,17)18/h2-8,21H,9H2,1H3. The topological polar surface area (TPSA) is 60.7 Å². The number of benzene rings is 1. The van der Waals surface area contributed by atoms with Crippen LogP contribution in [0.4, 0.5) is 19.0 Å². The molecule has 1 aromatic carbocycles. The first-order valence-corrected chi connectivity index (χ1v) is 6.89. The molecule has 0 radical (unpaired) electrons. The van der Waals surface area contributed by atoms with Crippen molar-refractivity contribution in [3.05, 3.63) is 54.0 Å². The number of imidazole rings is 1. The lowest BCUT2D eigenvalue weighted by Gasteiger charge is -2.10. The molecule has 126 valence electrons. The van der Waals surface area contributed by atoms with Crippen molar-refractivity contribution in [3.63, 3.8) is 0 Å². The lowest BCUT2D eigenvalue weighted by atomic mass is 10.1. The predicted octanol–water partition coefficient (Wildman–Crippen LogP) is 3.30. The zero-order valence-corrected chi connectivity index (χ0v) is 12.5. The fraction of sp³-hybridized carbons (Fsp3) is 0.200. The van der Waals surface area contributed by atoms with Crippen LogP contribution in [0.25, 0.3) is 5.65 Å². The number of alkyl halides is 3. The van der Waals surface area contributed by atoms with Gasteiger partial charge in [-0.05, 0) is 17.7 Å². The molecule has 3 aromatic rings. The van der Waals surface area contributed by atoms with Crippen LogP contribution < -0.4 is 10.2 Å². The third-order valence-electron chi connectivity index (χ3n) is 3.21. The lowest BCUT2D eigenvalue weighted by Crippen LogP contribution is -2.06. The zero-order chi connectivity index (χ0) is 17.2. The van der Waals surface area contributed by atoms with Crippen molar-refractivity contribution in [2.45, 2.75) is 12.8 Å². The molecule has 0 saturated carbocycles. The maximum Gasteiger partial charge on any atom is 0.416 e. The first kappa shape index (κ1) is 16.1. The summed E-state index contributed by atoms with van der Waals surface area (Å²) in [6.45, 7) is 0.0596. The van der Waals surface area contributed by atoms with Crippen LogP contribution >= 0.6 is 0 Å². The molecule has 2 aromatic heterocycles. The number of nitrogens with zero attached hydrogens (tertiary/aromatic N) is 3. The van der Waals surface area contributed by atoms with E-state index >= 15 is 0 Å². The molecule has 0 bridgehead atoms. The number of halogens is 3. The van der Waals surface area contributed by atoms with Crippen LogP contribution in [0.1, 0.15) is 11.1 Å². The molecular weight excluding hydrogens is 325 g/mol. The van der Waals surface area contributed by atoms with E-state index in [1.54, 1.807) is 23.0 Å². The average Bonchev–Trinajstić information content (AvgIpc) is 3.01. The van der Waals surface area contributed by atoms with Crippen LogP contribution in [-0.2, 0) is 17.6 Å². The maximum atomic E-state index is 12.6. The van der Waals surface area contributed by atoms with Crippen LogP contribution in [0.15, 0.2) is 42.9 Å². The molecule has 2 heterocycles. The Labute approximate surface area is 134 Å². The third-order valence-corrected chi connectivity index (χ3v) is 3.21. The first-order valence-electron chi connectivity index (χ1n) is 6.89. The van der Waals surface area contributed by atoms with Gasteiger partial charge in [0.2, 0.25) is 5.65 Å². The molecule has 0 spiro atoms. The summed E-state index contributed by atoms with van der Waals surface area (Å²) in [5.41, 5.74) is 2.96. The molecule has 3 rings (SSSR count). The van der Waals surface area contributed by atoms with E-state index in [9.17, 15) is 13.2 Å². The van der Waals surface area contributed by atoms with E-state index in [-0.39, 0.29) is 12.5 Å². The summed E-state index contributed by atoms with van der Waals surface area (Å²) in [5, 5.41) is 0. The second-order valence-electron chi connectivity index (χ2n) is 4.88. The van der Waals surface area contributed by atoms with Gasteiger partial charge in [0, 0.05) is 12.4 Å². The number of ether oxygens (including phenoxy) is 1. The van der Waals surface area contributed by atoms with Gasteiger partial charge in [-0.1, -0.05) is 12.1 Å². The summed E-state index contributed by atoms with van der Waals surface area (Å²) in [5.74, 6) is 0.646. The molecule has 0 aliphatic carbocycles. The van der Waals surface area contributed by atoms with Crippen molar-refractivity contribution < 1.29 is 22.7 Å². The highest BCUT2D eigenvalue weighted by Gasteiger charge is 2.29. The molecule has 9 heteroatoms. The van der Waals surface area contributed by atoms with Crippen molar-refractivity contribution in [2.75, 3.05) is 12.6 Å². The maximum absolute atomic E-state index is 12.6. The smallest absolute Gasteiger partial charge is 0.416 e. The van der Waals surface area contributed by atoms with Crippen LogP contribution in [0, 0.1) is 0 Å². The van der Waals surface area contributed by atoms with E-state index in [1.165, 1.54) is 19.2 Å². The van der Waals surface area contributed by atoms with E-state index in [0.717, 1.165) is 12.1 Å². The van der Waals surface area contributed by atoms with Crippen LogP contribution in [0.5, 0.6) is 5.88 Å². The van der Waals surface area contributed by atoms with E-state index in [0.29, 0.717) is 17.0 Å². The Balaban J connectivity index is 1.79. The fourth-order valence-electron chi connectivity index (χ4n) is 2.10. The van der Waals surface area contributed by atoms with Crippen molar-refractivity contribution in [1.82, 2.24) is 14.4 Å². The van der Waals surface area contributed by atoms with Crippen molar-refractivity contribution in [1.29, 1.82) is 0 Å². The Bertz CT molecular complexity index is 831. The molecule has 0 amide bonds. The number of aromatic nitrogens is 3. The monoisotopic (exact) mass is 338 g/mol. The molecule has 24 heavy (non-hydrogen) atoms. The van der Waals surface area contributed by atoms with Gasteiger partial charge in [0.1, 0.15) is 6.61 Å². The quantitative estimate of drug-likeness (QED) is 0.723. The fourth-order valence-corrected chi connectivity index (χ4v) is 2.10. The predicted molar refractivity (Wildman–Crippen MR) is 79.4 cm³/mol. The Morgan fingerprint density at radius 1 is 1.21 bits per heavy atom. The highest BCUT2D eigenvalue weighted by atomic mass is 19.4. The second kappa shape index (κ2) is 6.36. The lowest BCUT2D eigenvalue weighted by molar-refractivity contribution is -0.137. The third kappa shape index (κ3) is 3.40. The van der Waals surface area contributed by atoms with E-state index < -0.39 is 11.7 Å². The van der Waals surface area contributed by atoms with E-state index in [4.69, 9.17) is 9.57 Å². The van der Waals surface area contributed by atoms with Crippen LogP contribution in [0.3, 0.4) is 0 Å². The highest BCUT2D eigenvalue weighted by molar-refractivity contribution is 5.53. The van der Waals surface area contributed by atoms with Gasteiger partial charge < -0.3 is 4.74 Å². The molecule has 6 nitrogen and oxygen atoms in total. The summed E-state index contributed by atoms with van der Waals surface area (Å²) < 4.78 is 45.0. The SMILES string of the molecule is CONc1cn2ccnc2c(OCc2ccc(C(F)(F)F)cc2)n1. The minimum atomic E-state index is -4.36. The number of anilines is 1. The van der Waals surface area contributed by atoms with Gasteiger partial charge in [-0.15, -0.1) is 0 Å². The second-order valence-corrected chi connectivity index (χ2v) is 4.88. The molecule has 0 atom stereocenters. The average molecular weight is 338 g/mol. The van der Waals surface area contributed by atoms with Gasteiger partial charge in [-0.25, -0.2) is 10.5 Å². The van der Waals surface area contributed by atoms with Crippen LogP contribution in [0.2, 0.25) is 0 Å². The van der Waals surface area contributed by atoms with E-state index in [1.807, 2.05) is 0 Å². The van der Waals surface area contributed by atoms with Gasteiger partial charge in [0.15, 0.2) is 5.82 Å². The summed E-state index contributed by atoms with van der Waals surface area (Å²) >= 11 is 0. The van der Waals surface area contributed by atoms with Crippen molar-refractivity contribution in [2.24, 2.45) is 0 Å². The number of hydrogen-bond donors (Lipinski definition) is 1. The van der Waals surface area contributed by atoms with Crippen LogP contribution in [-0.4, -0.2) is 21.5 Å². The summed E-state index contributed by atoms with van der Waals surface area (Å²) in [4.78, 5) is 13.2. The summed E-state index contributed by atoms with van der Waals surface area (Å²) in [6.07, 6.45) is 0.599. The highest BCUT2D eigenvalue weighted by Crippen LogP contribution is 2.29. The van der Waals surface area contributed by atoms with Gasteiger partial charge in [-0.3, -0.25) is 9.24 Å². The molecule has 0 unspecified atom stereocenters. The number of nitrogens with one attached hydrogen (secondary N) is 1. The minimum Gasteiger partial charge on any atom is -0.470 e. The molecule has 0 aliphatic heterocycles.